The minimum Gasteiger partial charge on any atom is -0.373 e. The molecule has 0 aromatic carbocycles. The van der Waals surface area contributed by atoms with Crippen LogP contribution < -0.4 is 5.32 Å². The molecule has 21 heavy (non-hydrogen) atoms. The van der Waals surface area contributed by atoms with Crippen LogP contribution in [0.4, 0.5) is 0 Å². The largest absolute Gasteiger partial charge is 0.501 e. The molecule has 0 heterocycles. The Bertz CT molecular complexity index is 172. The Labute approximate surface area is 133 Å². The summed E-state index contributed by atoms with van der Waals surface area (Å²) >= 11 is 0. The third kappa shape index (κ3) is 11.3. The van der Waals surface area contributed by atoms with Crippen LogP contribution in [-0.4, -0.2) is 42.2 Å². The molecule has 0 fully saturated rings. The molecule has 0 aromatic rings. The van der Waals surface area contributed by atoms with E-state index in [4.69, 9.17) is 13.3 Å². The van der Waals surface area contributed by atoms with E-state index in [1.807, 2.05) is 7.05 Å². The maximum atomic E-state index is 6.18. The molecule has 1 N–H and O–H groups in total. The zero-order valence-electron chi connectivity index (χ0n) is 14.7. The summed E-state index contributed by atoms with van der Waals surface area (Å²) in [7, 11) is -0.501. The third-order valence-electron chi connectivity index (χ3n) is 3.37. The smallest absolute Gasteiger partial charge is 0.373 e. The first-order valence-corrected chi connectivity index (χ1v) is 10.7. The molecule has 0 aliphatic carbocycles. The number of hydrogen-bond donors (Lipinski definition) is 1. The SMILES string of the molecule is CCCCO[Si](CCCNC)(OCCCC)OCCCC. The van der Waals surface area contributed by atoms with Gasteiger partial charge in [0.1, 0.15) is 0 Å². The van der Waals surface area contributed by atoms with E-state index in [1.165, 1.54) is 0 Å². The molecule has 0 saturated carbocycles. The Morgan fingerprint density at radius 3 is 1.48 bits per heavy atom. The van der Waals surface area contributed by atoms with Gasteiger partial charge in [-0.1, -0.05) is 40.0 Å². The van der Waals surface area contributed by atoms with Crippen molar-refractivity contribution in [3.05, 3.63) is 0 Å². The molecule has 0 radical (unpaired) electrons. The van der Waals surface area contributed by atoms with Crippen LogP contribution in [0.1, 0.15) is 65.7 Å². The fraction of sp³-hybridized carbons (Fsp3) is 1.00. The summed E-state index contributed by atoms with van der Waals surface area (Å²) in [5.41, 5.74) is 0. The summed E-state index contributed by atoms with van der Waals surface area (Å²) in [5, 5.41) is 3.20. The highest BCUT2D eigenvalue weighted by Gasteiger charge is 2.40. The van der Waals surface area contributed by atoms with Crippen molar-refractivity contribution in [3.8, 4) is 0 Å². The van der Waals surface area contributed by atoms with Gasteiger partial charge < -0.3 is 18.6 Å². The number of unbranched alkanes of at least 4 members (excludes halogenated alkanes) is 3. The molecule has 4 nitrogen and oxygen atoms in total. The molecule has 0 atom stereocenters. The van der Waals surface area contributed by atoms with Gasteiger partial charge in [-0.25, -0.2) is 0 Å². The van der Waals surface area contributed by atoms with Gasteiger partial charge in [0.05, 0.1) is 0 Å². The van der Waals surface area contributed by atoms with E-state index < -0.39 is 8.80 Å². The number of hydrogen-bond acceptors (Lipinski definition) is 4. The fourth-order valence-corrected chi connectivity index (χ4v) is 4.60. The molecule has 0 saturated heterocycles. The standard InChI is InChI=1S/C16H37NO3Si/c1-5-8-13-18-21(16-11-12-17-4,19-14-9-6-2)20-15-10-7-3/h17H,5-16H2,1-4H3. The van der Waals surface area contributed by atoms with Crippen LogP contribution in [0, 0.1) is 0 Å². The van der Waals surface area contributed by atoms with Crippen molar-refractivity contribution in [3.63, 3.8) is 0 Å². The second-order valence-corrected chi connectivity index (χ2v) is 8.23. The highest BCUT2D eigenvalue weighted by atomic mass is 28.4. The summed E-state index contributed by atoms with van der Waals surface area (Å²) in [6.45, 7) is 9.83. The van der Waals surface area contributed by atoms with Gasteiger partial charge in [0.2, 0.25) is 0 Å². The van der Waals surface area contributed by atoms with Crippen LogP contribution in [0.2, 0.25) is 6.04 Å². The first-order valence-electron chi connectivity index (χ1n) is 8.81. The predicted octanol–water partition coefficient (Wildman–Crippen LogP) is 3.98. The molecule has 0 aromatic heterocycles. The van der Waals surface area contributed by atoms with Gasteiger partial charge in [-0.05, 0) is 39.3 Å². The van der Waals surface area contributed by atoms with E-state index in [9.17, 15) is 0 Å². The van der Waals surface area contributed by atoms with Crippen LogP contribution in [0.5, 0.6) is 0 Å². The van der Waals surface area contributed by atoms with Gasteiger partial charge in [-0.3, -0.25) is 0 Å². The molecule has 0 unspecified atom stereocenters. The Morgan fingerprint density at radius 2 is 1.14 bits per heavy atom. The summed E-state index contributed by atoms with van der Waals surface area (Å²) in [4.78, 5) is 0. The molecule has 0 amide bonds. The number of nitrogens with one attached hydrogen (secondary N) is 1. The molecule has 128 valence electrons. The molecule has 0 bridgehead atoms. The van der Waals surface area contributed by atoms with Crippen LogP contribution >= 0.6 is 0 Å². The fourth-order valence-electron chi connectivity index (χ4n) is 1.94. The van der Waals surface area contributed by atoms with Crippen molar-refractivity contribution < 1.29 is 13.3 Å². The van der Waals surface area contributed by atoms with Crippen LogP contribution in [0.3, 0.4) is 0 Å². The Morgan fingerprint density at radius 1 is 0.714 bits per heavy atom. The Balaban J connectivity index is 4.52. The van der Waals surface area contributed by atoms with Crippen LogP contribution in [-0.2, 0) is 13.3 Å². The second kappa shape index (κ2) is 15.0. The monoisotopic (exact) mass is 319 g/mol. The first kappa shape index (κ1) is 21.1. The first-order chi connectivity index (χ1) is 10.2. The lowest BCUT2D eigenvalue weighted by molar-refractivity contribution is 0.0559. The van der Waals surface area contributed by atoms with E-state index in [0.29, 0.717) is 0 Å². The molecular weight excluding hydrogens is 282 g/mol. The zero-order chi connectivity index (χ0) is 15.8. The summed E-state index contributed by atoms with van der Waals surface area (Å²) < 4.78 is 18.5. The van der Waals surface area contributed by atoms with Gasteiger partial charge in [0, 0.05) is 25.9 Å². The quantitative estimate of drug-likeness (QED) is 0.345. The lowest BCUT2D eigenvalue weighted by atomic mass is 10.4. The van der Waals surface area contributed by atoms with Gasteiger partial charge in [-0.2, -0.15) is 0 Å². The van der Waals surface area contributed by atoms with Crippen molar-refractivity contribution in [1.82, 2.24) is 5.32 Å². The van der Waals surface area contributed by atoms with Gasteiger partial charge in [-0.15, -0.1) is 0 Å². The van der Waals surface area contributed by atoms with Crippen molar-refractivity contribution in [1.29, 1.82) is 0 Å². The van der Waals surface area contributed by atoms with Crippen molar-refractivity contribution in [2.24, 2.45) is 0 Å². The highest BCUT2D eigenvalue weighted by molar-refractivity contribution is 6.60. The van der Waals surface area contributed by atoms with Gasteiger partial charge in [0.25, 0.3) is 0 Å². The van der Waals surface area contributed by atoms with Crippen LogP contribution in [0.15, 0.2) is 0 Å². The van der Waals surface area contributed by atoms with E-state index in [2.05, 4.69) is 26.1 Å². The van der Waals surface area contributed by atoms with Crippen molar-refractivity contribution in [2.75, 3.05) is 33.4 Å². The molecule has 0 spiro atoms. The van der Waals surface area contributed by atoms with Crippen molar-refractivity contribution >= 4 is 8.80 Å². The van der Waals surface area contributed by atoms with Gasteiger partial charge >= 0.3 is 8.80 Å². The average molecular weight is 320 g/mol. The van der Waals surface area contributed by atoms with Crippen molar-refractivity contribution in [2.45, 2.75) is 71.8 Å². The average Bonchev–Trinajstić information content (AvgIpc) is 2.48. The molecule has 0 aliphatic heterocycles. The normalized spacial score (nSPS) is 12.0. The predicted molar refractivity (Wildman–Crippen MR) is 91.7 cm³/mol. The number of rotatable bonds is 16. The Hall–Kier alpha value is 0.0569. The molecule has 0 rings (SSSR count). The third-order valence-corrected chi connectivity index (χ3v) is 6.27. The summed E-state index contributed by atoms with van der Waals surface area (Å²) in [6.07, 6.45) is 7.72. The molecular formula is C16H37NO3Si. The minimum absolute atomic E-state index is 0.764. The zero-order valence-corrected chi connectivity index (χ0v) is 15.7. The Kier molecular flexibility index (Phi) is 15.0. The second-order valence-electron chi connectivity index (χ2n) is 5.50. The highest BCUT2D eigenvalue weighted by Crippen LogP contribution is 2.20. The lowest BCUT2D eigenvalue weighted by Gasteiger charge is -2.30. The molecule has 5 heteroatoms. The van der Waals surface area contributed by atoms with E-state index in [-0.39, 0.29) is 0 Å². The molecule has 0 aliphatic rings. The summed E-state index contributed by atoms with van der Waals surface area (Å²) in [5.74, 6) is 0. The topological polar surface area (TPSA) is 39.7 Å². The van der Waals surface area contributed by atoms with Gasteiger partial charge in [0.15, 0.2) is 0 Å². The summed E-state index contributed by atoms with van der Waals surface area (Å²) in [6, 6.07) is 0.922. The van der Waals surface area contributed by atoms with Crippen LogP contribution in [0.25, 0.3) is 0 Å². The minimum atomic E-state index is -2.48. The van der Waals surface area contributed by atoms with E-state index in [0.717, 1.165) is 77.4 Å². The van der Waals surface area contributed by atoms with E-state index in [1.54, 1.807) is 0 Å². The lowest BCUT2D eigenvalue weighted by Crippen LogP contribution is -2.47. The maximum absolute atomic E-state index is 6.18. The maximum Gasteiger partial charge on any atom is 0.501 e. The van der Waals surface area contributed by atoms with E-state index >= 15 is 0 Å².